The molecule has 0 atom stereocenters. The summed E-state index contributed by atoms with van der Waals surface area (Å²) in [5.74, 6) is 1.52. The molecule has 2 aliphatic rings. The van der Waals surface area contributed by atoms with Crippen LogP contribution >= 0.6 is 0 Å². The number of benzene rings is 1. The Hall–Kier alpha value is -2.83. The molecule has 3 heterocycles. The Balaban J connectivity index is 1.44. The van der Waals surface area contributed by atoms with Crippen molar-refractivity contribution in [1.29, 1.82) is 0 Å². The first-order chi connectivity index (χ1) is 13.7. The molecule has 0 spiro atoms. The van der Waals surface area contributed by atoms with E-state index in [-0.39, 0.29) is 0 Å². The first kappa shape index (κ1) is 18.5. The lowest BCUT2D eigenvalue weighted by Crippen LogP contribution is -2.46. The van der Waals surface area contributed by atoms with E-state index in [9.17, 15) is 4.79 Å². The van der Waals surface area contributed by atoms with E-state index >= 15 is 0 Å². The number of piperidine rings is 1. The summed E-state index contributed by atoms with van der Waals surface area (Å²) in [6, 6.07) is 10.5. The van der Waals surface area contributed by atoms with Crippen LogP contribution in [0.3, 0.4) is 0 Å². The Kier molecular flexibility index (Phi) is 5.60. The van der Waals surface area contributed by atoms with Gasteiger partial charge in [-0.2, -0.15) is 4.98 Å². The SMILES string of the molecule is Cc1cc(N2CCN(C=O)CC2)nc(Nc2ccc(N3CCCCC3)cc2)n1. The summed E-state index contributed by atoms with van der Waals surface area (Å²) in [7, 11) is 0. The van der Waals surface area contributed by atoms with Gasteiger partial charge in [0, 0.05) is 62.4 Å². The number of hydrogen-bond donors (Lipinski definition) is 1. The van der Waals surface area contributed by atoms with Crippen LogP contribution in [0.2, 0.25) is 0 Å². The molecule has 2 fully saturated rings. The summed E-state index contributed by atoms with van der Waals surface area (Å²) < 4.78 is 0. The van der Waals surface area contributed by atoms with Gasteiger partial charge in [-0.1, -0.05) is 0 Å². The monoisotopic (exact) mass is 380 g/mol. The summed E-state index contributed by atoms with van der Waals surface area (Å²) in [5.41, 5.74) is 3.20. The number of carbonyl (C=O) groups excluding carboxylic acids is 1. The molecule has 148 valence electrons. The first-order valence-electron chi connectivity index (χ1n) is 10.1. The minimum atomic E-state index is 0.610. The number of anilines is 4. The van der Waals surface area contributed by atoms with Crippen molar-refractivity contribution in [2.45, 2.75) is 26.2 Å². The smallest absolute Gasteiger partial charge is 0.229 e. The van der Waals surface area contributed by atoms with E-state index in [1.54, 1.807) is 4.90 Å². The molecule has 7 nitrogen and oxygen atoms in total. The fourth-order valence-corrected chi connectivity index (χ4v) is 3.86. The molecule has 1 N–H and O–H groups in total. The van der Waals surface area contributed by atoms with E-state index in [1.807, 2.05) is 13.0 Å². The first-order valence-corrected chi connectivity index (χ1v) is 10.1. The van der Waals surface area contributed by atoms with Crippen LogP contribution in [0.15, 0.2) is 30.3 Å². The molecule has 4 rings (SSSR count). The lowest BCUT2D eigenvalue weighted by molar-refractivity contribution is -0.118. The third kappa shape index (κ3) is 4.35. The predicted octanol–water partition coefficient (Wildman–Crippen LogP) is 2.80. The van der Waals surface area contributed by atoms with Crippen LogP contribution in [-0.4, -0.2) is 60.5 Å². The number of piperazine rings is 1. The Bertz CT molecular complexity index is 795. The van der Waals surface area contributed by atoms with Crippen molar-refractivity contribution in [2.24, 2.45) is 0 Å². The Morgan fingerprint density at radius 2 is 1.61 bits per heavy atom. The van der Waals surface area contributed by atoms with Crippen LogP contribution < -0.4 is 15.1 Å². The van der Waals surface area contributed by atoms with Crippen molar-refractivity contribution in [1.82, 2.24) is 14.9 Å². The van der Waals surface area contributed by atoms with E-state index in [1.165, 1.54) is 24.9 Å². The van der Waals surface area contributed by atoms with Gasteiger partial charge in [-0.3, -0.25) is 4.79 Å². The zero-order chi connectivity index (χ0) is 19.3. The molecule has 0 saturated carbocycles. The van der Waals surface area contributed by atoms with Crippen LogP contribution in [0.1, 0.15) is 25.0 Å². The minimum Gasteiger partial charge on any atom is -0.372 e. The van der Waals surface area contributed by atoms with Gasteiger partial charge in [0.2, 0.25) is 12.4 Å². The summed E-state index contributed by atoms with van der Waals surface area (Å²) in [5, 5.41) is 3.34. The molecule has 7 heteroatoms. The van der Waals surface area contributed by atoms with Gasteiger partial charge in [-0.05, 0) is 50.5 Å². The van der Waals surface area contributed by atoms with E-state index in [0.717, 1.165) is 62.9 Å². The van der Waals surface area contributed by atoms with E-state index in [4.69, 9.17) is 4.98 Å². The second-order valence-electron chi connectivity index (χ2n) is 7.54. The van der Waals surface area contributed by atoms with Gasteiger partial charge < -0.3 is 20.0 Å². The molecule has 2 saturated heterocycles. The van der Waals surface area contributed by atoms with E-state index in [2.05, 4.69) is 44.4 Å². The van der Waals surface area contributed by atoms with Gasteiger partial charge in [0.15, 0.2) is 0 Å². The molecule has 1 amide bonds. The highest BCUT2D eigenvalue weighted by Crippen LogP contribution is 2.24. The van der Waals surface area contributed by atoms with Gasteiger partial charge >= 0.3 is 0 Å². The molecular formula is C21H28N6O. The van der Waals surface area contributed by atoms with Crippen molar-refractivity contribution in [3.8, 4) is 0 Å². The summed E-state index contributed by atoms with van der Waals surface area (Å²) in [6.07, 6.45) is 4.82. The predicted molar refractivity (Wildman–Crippen MR) is 112 cm³/mol. The number of aromatic nitrogens is 2. The zero-order valence-electron chi connectivity index (χ0n) is 16.5. The Morgan fingerprint density at radius 1 is 0.893 bits per heavy atom. The topological polar surface area (TPSA) is 64.6 Å². The number of nitrogens with one attached hydrogen (secondary N) is 1. The van der Waals surface area contributed by atoms with Crippen molar-refractivity contribution in [3.05, 3.63) is 36.0 Å². The third-order valence-corrected chi connectivity index (χ3v) is 5.47. The molecular weight excluding hydrogens is 352 g/mol. The van der Waals surface area contributed by atoms with Gasteiger partial charge in [-0.15, -0.1) is 0 Å². The fraction of sp³-hybridized carbons (Fsp3) is 0.476. The molecule has 0 unspecified atom stereocenters. The number of aryl methyl sites for hydroxylation is 1. The van der Waals surface area contributed by atoms with Crippen LogP contribution in [0.4, 0.5) is 23.1 Å². The van der Waals surface area contributed by atoms with Crippen molar-refractivity contribution in [2.75, 3.05) is 54.4 Å². The lowest BCUT2D eigenvalue weighted by Gasteiger charge is -2.33. The highest BCUT2D eigenvalue weighted by atomic mass is 16.1. The number of rotatable bonds is 5. The molecule has 2 aromatic rings. The molecule has 28 heavy (non-hydrogen) atoms. The third-order valence-electron chi connectivity index (χ3n) is 5.47. The molecule has 0 radical (unpaired) electrons. The maximum absolute atomic E-state index is 10.9. The molecule has 0 bridgehead atoms. The van der Waals surface area contributed by atoms with Crippen LogP contribution in [-0.2, 0) is 4.79 Å². The fourth-order valence-electron chi connectivity index (χ4n) is 3.86. The van der Waals surface area contributed by atoms with Crippen LogP contribution in [0, 0.1) is 6.92 Å². The standard InChI is InChI=1S/C21H28N6O/c1-17-15-20(27-13-11-25(16-28)12-14-27)24-21(22-17)23-18-5-7-19(8-6-18)26-9-3-2-4-10-26/h5-8,15-16H,2-4,9-14H2,1H3,(H,22,23,24). The highest BCUT2D eigenvalue weighted by molar-refractivity contribution is 5.60. The second-order valence-corrected chi connectivity index (χ2v) is 7.54. The van der Waals surface area contributed by atoms with Crippen molar-refractivity contribution < 1.29 is 4.79 Å². The largest absolute Gasteiger partial charge is 0.372 e. The lowest BCUT2D eigenvalue weighted by atomic mass is 10.1. The van der Waals surface area contributed by atoms with Crippen molar-refractivity contribution >= 4 is 29.6 Å². The number of amides is 1. The van der Waals surface area contributed by atoms with Gasteiger partial charge in [0.05, 0.1) is 0 Å². The minimum absolute atomic E-state index is 0.610. The number of carbonyl (C=O) groups is 1. The Morgan fingerprint density at radius 3 is 2.29 bits per heavy atom. The quantitative estimate of drug-likeness (QED) is 0.805. The van der Waals surface area contributed by atoms with Gasteiger partial charge in [0.1, 0.15) is 5.82 Å². The summed E-state index contributed by atoms with van der Waals surface area (Å²) in [4.78, 5) is 26.6. The summed E-state index contributed by atoms with van der Waals surface area (Å²) in [6.45, 7) is 7.32. The zero-order valence-corrected chi connectivity index (χ0v) is 16.5. The molecule has 2 aliphatic heterocycles. The average Bonchev–Trinajstić information content (AvgIpc) is 2.74. The normalized spacial score (nSPS) is 17.5. The van der Waals surface area contributed by atoms with Gasteiger partial charge in [0.25, 0.3) is 0 Å². The number of nitrogens with zero attached hydrogens (tertiary/aromatic N) is 5. The van der Waals surface area contributed by atoms with Crippen LogP contribution in [0.5, 0.6) is 0 Å². The maximum Gasteiger partial charge on any atom is 0.229 e. The van der Waals surface area contributed by atoms with Crippen LogP contribution in [0.25, 0.3) is 0 Å². The molecule has 1 aromatic heterocycles. The van der Waals surface area contributed by atoms with Crippen molar-refractivity contribution in [3.63, 3.8) is 0 Å². The summed E-state index contributed by atoms with van der Waals surface area (Å²) >= 11 is 0. The van der Waals surface area contributed by atoms with E-state index < -0.39 is 0 Å². The Labute approximate surface area is 166 Å². The van der Waals surface area contributed by atoms with E-state index in [0.29, 0.717) is 5.95 Å². The molecule has 1 aromatic carbocycles. The number of hydrogen-bond acceptors (Lipinski definition) is 6. The van der Waals surface area contributed by atoms with Gasteiger partial charge in [-0.25, -0.2) is 4.98 Å². The molecule has 0 aliphatic carbocycles. The maximum atomic E-state index is 10.9. The second kappa shape index (κ2) is 8.46. The highest BCUT2D eigenvalue weighted by Gasteiger charge is 2.18. The average molecular weight is 380 g/mol.